The summed E-state index contributed by atoms with van der Waals surface area (Å²) in [5.41, 5.74) is 0.623. The maximum Gasteiger partial charge on any atom is 0.311 e. The van der Waals surface area contributed by atoms with E-state index in [1.807, 2.05) is 0 Å². The van der Waals surface area contributed by atoms with E-state index in [0.717, 1.165) is 5.56 Å². The third kappa shape index (κ3) is 6.10. The second-order valence-electron chi connectivity index (χ2n) is 7.37. The van der Waals surface area contributed by atoms with Crippen molar-refractivity contribution in [3.8, 4) is 17.2 Å². The average Bonchev–Trinajstić information content (AvgIpc) is 2.78. The van der Waals surface area contributed by atoms with E-state index in [-0.39, 0.29) is 48.6 Å². The SMILES string of the molecule is Cc1ccc(OCCC(=O)N2CCN(C(=O)COc3cccc(O)c3)CC2)c([N+](=O)[O-])c1. The van der Waals surface area contributed by atoms with Gasteiger partial charge in [-0.15, -0.1) is 0 Å². The standard InChI is InChI=1S/C22H25N3O7/c1-16-5-6-20(19(13-16)25(29)30)31-12-7-21(27)23-8-10-24(11-9-23)22(28)15-32-18-4-2-3-17(26)14-18/h2-6,13-14,26H,7-12,15H2,1H3. The Balaban J connectivity index is 1.40. The molecule has 1 saturated heterocycles. The van der Waals surface area contributed by atoms with Crippen LogP contribution in [-0.4, -0.2) is 71.0 Å². The van der Waals surface area contributed by atoms with Crippen LogP contribution >= 0.6 is 0 Å². The lowest BCUT2D eigenvalue weighted by molar-refractivity contribution is -0.385. The van der Waals surface area contributed by atoms with Gasteiger partial charge >= 0.3 is 5.69 Å². The number of benzene rings is 2. The zero-order chi connectivity index (χ0) is 23.1. The number of aromatic hydroxyl groups is 1. The van der Waals surface area contributed by atoms with Crippen molar-refractivity contribution in [1.82, 2.24) is 9.80 Å². The van der Waals surface area contributed by atoms with Crippen LogP contribution < -0.4 is 9.47 Å². The first kappa shape index (κ1) is 22.9. The number of carbonyl (C=O) groups excluding carboxylic acids is 2. The number of rotatable bonds is 8. The van der Waals surface area contributed by atoms with E-state index in [9.17, 15) is 24.8 Å². The van der Waals surface area contributed by atoms with Gasteiger partial charge in [0.05, 0.1) is 18.0 Å². The lowest BCUT2D eigenvalue weighted by Gasteiger charge is -2.34. The normalized spacial score (nSPS) is 13.5. The van der Waals surface area contributed by atoms with Crippen LogP contribution in [-0.2, 0) is 9.59 Å². The number of phenols is 1. The molecule has 2 amide bonds. The number of amides is 2. The predicted molar refractivity (Wildman–Crippen MR) is 115 cm³/mol. The maximum absolute atomic E-state index is 12.4. The molecule has 0 atom stereocenters. The molecule has 10 nitrogen and oxygen atoms in total. The van der Waals surface area contributed by atoms with Gasteiger partial charge in [-0.05, 0) is 30.7 Å². The van der Waals surface area contributed by atoms with Gasteiger partial charge in [-0.3, -0.25) is 19.7 Å². The first-order valence-electron chi connectivity index (χ1n) is 10.2. The molecule has 10 heteroatoms. The molecule has 1 N–H and O–H groups in total. The molecule has 2 aromatic rings. The Morgan fingerprint density at radius 3 is 2.38 bits per heavy atom. The summed E-state index contributed by atoms with van der Waals surface area (Å²) >= 11 is 0. The number of phenolic OH excluding ortho intramolecular Hbond substituents is 1. The van der Waals surface area contributed by atoms with Gasteiger partial charge in [0.1, 0.15) is 11.5 Å². The zero-order valence-corrected chi connectivity index (χ0v) is 17.7. The van der Waals surface area contributed by atoms with Crippen LogP contribution in [0.1, 0.15) is 12.0 Å². The van der Waals surface area contributed by atoms with Gasteiger partial charge in [0, 0.05) is 38.3 Å². The summed E-state index contributed by atoms with van der Waals surface area (Å²) in [4.78, 5) is 38.7. The summed E-state index contributed by atoms with van der Waals surface area (Å²) in [7, 11) is 0. The van der Waals surface area contributed by atoms with Crippen LogP contribution in [0, 0.1) is 17.0 Å². The highest BCUT2D eigenvalue weighted by Gasteiger charge is 2.24. The van der Waals surface area contributed by atoms with Gasteiger partial charge in [0.15, 0.2) is 12.4 Å². The highest BCUT2D eigenvalue weighted by molar-refractivity contribution is 5.79. The fraction of sp³-hybridized carbons (Fsp3) is 0.364. The Labute approximate surface area is 185 Å². The van der Waals surface area contributed by atoms with Crippen LogP contribution in [0.3, 0.4) is 0 Å². The molecule has 0 aliphatic carbocycles. The van der Waals surface area contributed by atoms with Gasteiger partial charge in [-0.25, -0.2) is 0 Å². The smallest absolute Gasteiger partial charge is 0.311 e. The minimum absolute atomic E-state index is 0.0274. The lowest BCUT2D eigenvalue weighted by atomic mass is 10.2. The summed E-state index contributed by atoms with van der Waals surface area (Å²) in [5.74, 6) is 0.262. The Morgan fingerprint density at radius 1 is 1.03 bits per heavy atom. The van der Waals surface area contributed by atoms with Crippen molar-refractivity contribution in [2.24, 2.45) is 0 Å². The van der Waals surface area contributed by atoms with Crippen molar-refractivity contribution in [2.45, 2.75) is 13.3 Å². The fourth-order valence-corrected chi connectivity index (χ4v) is 3.31. The van der Waals surface area contributed by atoms with E-state index >= 15 is 0 Å². The number of nitro groups is 1. The Morgan fingerprint density at radius 2 is 1.72 bits per heavy atom. The molecule has 32 heavy (non-hydrogen) atoms. The van der Waals surface area contributed by atoms with Crippen LogP contribution in [0.15, 0.2) is 42.5 Å². The van der Waals surface area contributed by atoms with Crippen LogP contribution in [0.2, 0.25) is 0 Å². The van der Waals surface area contributed by atoms with Crippen molar-refractivity contribution in [3.63, 3.8) is 0 Å². The topological polar surface area (TPSA) is 122 Å². The molecule has 1 aliphatic heterocycles. The van der Waals surface area contributed by atoms with E-state index in [2.05, 4.69) is 0 Å². The first-order chi connectivity index (χ1) is 15.3. The molecule has 0 bridgehead atoms. The molecule has 2 aromatic carbocycles. The maximum atomic E-state index is 12.4. The summed E-state index contributed by atoms with van der Waals surface area (Å²) in [6.45, 7) is 3.18. The second kappa shape index (κ2) is 10.5. The number of nitro benzene ring substituents is 1. The summed E-state index contributed by atoms with van der Waals surface area (Å²) in [5, 5.41) is 20.6. The first-order valence-corrected chi connectivity index (χ1v) is 10.2. The number of hydrogen-bond donors (Lipinski definition) is 1. The van der Waals surface area contributed by atoms with E-state index in [4.69, 9.17) is 9.47 Å². The highest BCUT2D eigenvalue weighted by Crippen LogP contribution is 2.27. The summed E-state index contributed by atoms with van der Waals surface area (Å²) in [6, 6.07) is 10.9. The van der Waals surface area contributed by atoms with E-state index in [1.54, 1.807) is 34.9 Å². The third-order valence-corrected chi connectivity index (χ3v) is 5.05. The summed E-state index contributed by atoms with van der Waals surface area (Å²) < 4.78 is 10.9. The monoisotopic (exact) mass is 443 g/mol. The number of piperazine rings is 1. The number of carbonyl (C=O) groups is 2. The molecular weight excluding hydrogens is 418 g/mol. The van der Waals surface area contributed by atoms with Crippen molar-refractivity contribution in [3.05, 3.63) is 58.1 Å². The molecule has 170 valence electrons. The number of hydrogen-bond acceptors (Lipinski definition) is 7. The molecule has 1 fully saturated rings. The molecule has 1 heterocycles. The summed E-state index contributed by atoms with van der Waals surface area (Å²) in [6.07, 6.45) is 0.0829. The zero-order valence-electron chi connectivity index (χ0n) is 17.7. The Hall–Kier alpha value is -3.82. The molecule has 1 aliphatic rings. The van der Waals surface area contributed by atoms with Crippen molar-refractivity contribution < 1.29 is 29.1 Å². The van der Waals surface area contributed by atoms with Gasteiger partial charge in [-0.1, -0.05) is 12.1 Å². The molecular formula is C22H25N3O7. The highest BCUT2D eigenvalue weighted by atomic mass is 16.6. The predicted octanol–water partition coefficient (Wildman–Crippen LogP) is 2.13. The molecule has 0 unspecified atom stereocenters. The molecule has 0 saturated carbocycles. The van der Waals surface area contributed by atoms with Crippen molar-refractivity contribution >= 4 is 17.5 Å². The van der Waals surface area contributed by atoms with Crippen LogP contribution in [0.5, 0.6) is 17.2 Å². The lowest BCUT2D eigenvalue weighted by Crippen LogP contribution is -2.51. The number of ether oxygens (including phenoxy) is 2. The molecule has 0 spiro atoms. The van der Waals surface area contributed by atoms with Gasteiger partial charge in [-0.2, -0.15) is 0 Å². The Bertz CT molecular complexity index is 987. The minimum Gasteiger partial charge on any atom is -0.508 e. The van der Waals surface area contributed by atoms with Gasteiger partial charge < -0.3 is 24.4 Å². The largest absolute Gasteiger partial charge is 0.508 e. The molecule has 0 aromatic heterocycles. The quantitative estimate of drug-likeness (QED) is 0.490. The fourth-order valence-electron chi connectivity index (χ4n) is 3.31. The van der Waals surface area contributed by atoms with Crippen molar-refractivity contribution in [1.29, 1.82) is 0 Å². The van der Waals surface area contributed by atoms with Gasteiger partial charge in [0.2, 0.25) is 5.91 Å². The van der Waals surface area contributed by atoms with E-state index in [1.165, 1.54) is 24.3 Å². The number of nitrogens with zero attached hydrogens (tertiary/aromatic N) is 3. The van der Waals surface area contributed by atoms with Crippen LogP contribution in [0.25, 0.3) is 0 Å². The van der Waals surface area contributed by atoms with E-state index < -0.39 is 4.92 Å². The number of aryl methyl sites for hydroxylation is 1. The third-order valence-electron chi connectivity index (χ3n) is 5.05. The van der Waals surface area contributed by atoms with Gasteiger partial charge in [0.25, 0.3) is 5.91 Å². The second-order valence-corrected chi connectivity index (χ2v) is 7.37. The molecule has 0 radical (unpaired) electrons. The Kier molecular flexibility index (Phi) is 7.48. The van der Waals surface area contributed by atoms with Crippen LogP contribution in [0.4, 0.5) is 5.69 Å². The minimum atomic E-state index is -0.509. The molecule has 3 rings (SSSR count). The van der Waals surface area contributed by atoms with Crippen molar-refractivity contribution in [2.75, 3.05) is 39.4 Å². The average molecular weight is 443 g/mol. The van der Waals surface area contributed by atoms with E-state index in [0.29, 0.717) is 31.9 Å².